The van der Waals surface area contributed by atoms with Crippen molar-refractivity contribution in [2.45, 2.75) is 57.7 Å². The van der Waals surface area contributed by atoms with E-state index in [0.29, 0.717) is 17.6 Å². The highest BCUT2D eigenvalue weighted by molar-refractivity contribution is 5.89. The van der Waals surface area contributed by atoms with Gasteiger partial charge in [-0.05, 0) is 57.7 Å². The predicted octanol–water partition coefficient (Wildman–Crippen LogP) is 3.25. The molecule has 0 unspecified atom stereocenters. The molecule has 0 radical (unpaired) electrons. The summed E-state index contributed by atoms with van der Waals surface area (Å²) in [6.45, 7) is 9.41. The molecular weight excluding hydrogens is 348 g/mol. The third-order valence-corrected chi connectivity index (χ3v) is 6.40. The Kier molecular flexibility index (Phi) is 5.74. The van der Waals surface area contributed by atoms with E-state index >= 15 is 0 Å². The Morgan fingerprint density at radius 1 is 1.07 bits per heavy atom. The Morgan fingerprint density at radius 3 is 2.50 bits per heavy atom. The standard InChI is InChI=1S/C22H30N6/c1-16(2)27-9-11-28(12-10-27)19-6-4-18(5-7-19)26-22-20-8-3-17(14-23)13-21(20)24-15-25-22/h3,8,13,15-16,18-19H,4-7,9-12H2,1-2H3,(H,24,25,26). The van der Waals surface area contributed by atoms with Gasteiger partial charge in [-0.15, -0.1) is 0 Å². The molecule has 1 saturated heterocycles. The Bertz CT molecular complexity index is 842. The SMILES string of the molecule is CC(C)N1CCN(C2CCC(Nc3ncnc4cc(C#N)ccc34)CC2)CC1. The molecule has 0 spiro atoms. The molecule has 1 N–H and O–H groups in total. The molecule has 2 aliphatic rings. The molecule has 148 valence electrons. The van der Waals surface area contributed by atoms with Gasteiger partial charge in [-0.25, -0.2) is 9.97 Å². The number of fused-ring (bicyclic) bond motifs is 1. The second-order valence-corrected chi connectivity index (χ2v) is 8.38. The van der Waals surface area contributed by atoms with Crippen molar-refractivity contribution in [2.24, 2.45) is 0 Å². The van der Waals surface area contributed by atoms with Gasteiger partial charge in [-0.1, -0.05) is 0 Å². The Balaban J connectivity index is 1.34. The molecule has 6 nitrogen and oxygen atoms in total. The first-order valence-corrected chi connectivity index (χ1v) is 10.5. The van der Waals surface area contributed by atoms with Crippen molar-refractivity contribution in [1.82, 2.24) is 19.8 Å². The predicted molar refractivity (Wildman–Crippen MR) is 112 cm³/mol. The van der Waals surface area contributed by atoms with E-state index in [1.54, 1.807) is 6.33 Å². The van der Waals surface area contributed by atoms with Crippen LogP contribution in [0.25, 0.3) is 10.9 Å². The average Bonchev–Trinajstić information content (AvgIpc) is 2.74. The minimum atomic E-state index is 0.460. The van der Waals surface area contributed by atoms with Crippen molar-refractivity contribution in [3.8, 4) is 6.07 Å². The van der Waals surface area contributed by atoms with Gasteiger partial charge in [0.15, 0.2) is 0 Å². The maximum Gasteiger partial charge on any atom is 0.137 e. The molecule has 2 aromatic rings. The Morgan fingerprint density at radius 2 is 1.82 bits per heavy atom. The molecule has 6 heteroatoms. The molecule has 2 heterocycles. The van der Waals surface area contributed by atoms with E-state index in [0.717, 1.165) is 22.8 Å². The zero-order chi connectivity index (χ0) is 19.5. The van der Waals surface area contributed by atoms with Crippen molar-refractivity contribution in [3.05, 3.63) is 30.1 Å². The van der Waals surface area contributed by atoms with E-state index in [2.05, 4.69) is 45.0 Å². The number of piperazine rings is 1. The summed E-state index contributed by atoms with van der Waals surface area (Å²) in [4.78, 5) is 14.1. The van der Waals surface area contributed by atoms with Gasteiger partial charge in [0.2, 0.25) is 0 Å². The quantitative estimate of drug-likeness (QED) is 0.881. The summed E-state index contributed by atoms with van der Waals surface area (Å²) < 4.78 is 0. The molecule has 1 aliphatic heterocycles. The van der Waals surface area contributed by atoms with E-state index in [-0.39, 0.29) is 0 Å². The van der Waals surface area contributed by atoms with Crippen LogP contribution >= 0.6 is 0 Å². The van der Waals surface area contributed by atoms with Crippen LogP contribution in [0.1, 0.15) is 45.1 Å². The van der Waals surface area contributed by atoms with Crippen LogP contribution in [0.15, 0.2) is 24.5 Å². The molecule has 0 amide bonds. The Hall–Kier alpha value is -2.23. The smallest absolute Gasteiger partial charge is 0.137 e. The zero-order valence-electron chi connectivity index (χ0n) is 16.9. The highest BCUT2D eigenvalue weighted by Crippen LogP contribution is 2.28. The first kappa shape index (κ1) is 19.1. The summed E-state index contributed by atoms with van der Waals surface area (Å²) >= 11 is 0. The topological polar surface area (TPSA) is 68.1 Å². The number of nitrogens with zero attached hydrogens (tertiary/aromatic N) is 5. The molecule has 0 bridgehead atoms. The number of benzene rings is 1. The van der Waals surface area contributed by atoms with E-state index in [1.165, 1.54) is 51.9 Å². The fraction of sp³-hybridized carbons (Fsp3) is 0.591. The van der Waals surface area contributed by atoms with Gasteiger partial charge < -0.3 is 5.32 Å². The normalized spacial score (nSPS) is 24.4. The highest BCUT2D eigenvalue weighted by atomic mass is 15.3. The van der Waals surface area contributed by atoms with Gasteiger partial charge in [-0.3, -0.25) is 9.80 Å². The van der Waals surface area contributed by atoms with Crippen LogP contribution in [-0.2, 0) is 0 Å². The van der Waals surface area contributed by atoms with E-state index in [4.69, 9.17) is 5.26 Å². The summed E-state index contributed by atoms with van der Waals surface area (Å²) in [5.74, 6) is 0.892. The van der Waals surface area contributed by atoms with Gasteiger partial charge in [0.1, 0.15) is 12.1 Å². The molecule has 1 aromatic carbocycles. The van der Waals surface area contributed by atoms with Crippen molar-refractivity contribution >= 4 is 16.7 Å². The molecule has 2 fully saturated rings. The van der Waals surface area contributed by atoms with Crippen LogP contribution < -0.4 is 5.32 Å². The van der Waals surface area contributed by atoms with Crippen molar-refractivity contribution < 1.29 is 0 Å². The highest BCUT2D eigenvalue weighted by Gasteiger charge is 2.29. The second-order valence-electron chi connectivity index (χ2n) is 8.38. The molecule has 0 atom stereocenters. The van der Waals surface area contributed by atoms with E-state index < -0.39 is 0 Å². The summed E-state index contributed by atoms with van der Waals surface area (Å²) in [6, 6.07) is 9.65. The number of nitrogens with one attached hydrogen (secondary N) is 1. The molecule has 28 heavy (non-hydrogen) atoms. The van der Waals surface area contributed by atoms with Crippen LogP contribution in [0, 0.1) is 11.3 Å². The van der Waals surface area contributed by atoms with E-state index in [1.807, 2.05) is 18.2 Å². The van der Waals surface area contributed by atoms with Gasteiger partial charge in [0, 0.05) is 49.7 Å². The maximum absolute atomic E-state index is 9.09. The van der Waals surface area contributed by atoms with Crippen molar-refractivity contribution in [2.75, 3.05) is 31.5 Å². The molecule has 1 aromatic heterocycles. The number of hydrogen-bond acceptors (Lipinski definition) is 6. The van der Waals surface area contributed by atoms with Crippen LogP contribution in [0.2, 0.25) is 0 Å². The zero-order valence-corrected chi connectivity index (χ0v) is 16.9. The number of hydrogen-bond donors (Lipinski definition) is 1. The number of nitriles is 1. The van der Waals surface area contributed by atoms with Crippen LogP contribution in [-0.4, -0.2) is 64.1 Å². The fourth-order valence-corrected chi connectivity index (χ4v) is 4.64. The summed E-state index contributed by atoms with van der Waals surface area (Å²) in [7, 11) is 0. The lowest BCUT2D eigenvalue weighted by molar-refractivity contribution is 0.0631. The number of anilines is 1. The third kappa shape index (κ3) is 4.11. The van der Waals surface area contributed by atoms with Gasteiger partial charge in [0.05, 0.1) is 17.1 Å². The van der Waals surface area contributed by atoms with Gasteiger partial charge >= 0.3 is 0 Å². The summed E-state index contributed by atoms with van der Waals surface area (Å²) in [5, 5.41) is 13.7. The van der Waals surface area contributed by atoms with Crippen molar-refractivity contribution in [1.29, 1.82) is 5.26 Å². The molecule has 1 saturated carbocycles. The number of aromatic nitrogens is 2. The Labute approximate surface area is 167 Å². The third-order valence-electron chi connectivity index (χ3n) is 6.40. The van der Waals surface area contributed by atoms with Gasteiger partial charge in [0.25, 0.3) is 0 Å². The monoisotopic (exact) mass is 378 g/mol. The largest absolute Gasteiger partial charge is 0.367 e. The summed E-state index contributed by atoms with van der Waals surface area (Å²) in [5.41, 5.74) is 1.46. The number of rotatable bonds is 4. The fourth-order valence-electron chi connectivity index (χ4n) is 4.64. The van der Waals surface area contributed by atoms with E-state index in [9.17, 15) is 0 Å². The van der Waals surface area contributed by atoms with Crippen molar-refractivity contribution in [3.63, 3.8) is 0 Å². The average molecular weight is 379 g/mol. The van der Waals surface area contributed by atoms with Crippen LogP contribution in [0.3, 0.4) is 0 Å². The minimum Gasteiger partial charge on any atom is -0.367 e. The minimum absolute atomic E-state index is 0.460. The summed E-state index contributed by atoms with van der Waals surface area (Å²) in [6.07, 6.45) is 6.45. The second kappa shape index (κ2) is 8.42. The first-order chi connectivity index (χ1) is 13.6. The first-order valence-electron chi connectivity index (χ1n) is 10.5. The molecular formula is C22H30N6. The lowest BCUT2D eigenvalue weighted by Gasteiger charge is -2.43. The lowest BCUT2D eigenvalue weighted by Crippen LogP contribution is -2.53. The van der Waals surface area contributed by atoms with Gasteiger partial charge in [-0.2, -0.15) is 5.26 Å². The van der Waals surface area contributed by atoms with Crippen LogP contribution in [0.5, 0.6) is 0 Å². The maximum atomic E-state index is 9.09. The molecule has 1 aliphatic carbocycles. The van der Waals surface area contributed by atoms with Crippen LogP contribution in [0.4, 0.5) is 5.82 Å². The lowest BCUT2D eigenvalue weighted by atomic mass is 9.89. The molecule has 4 rings (SSSR count).